The molecule has 32 heavy (non-hydrogen) atoms. The molecule has 1 fully saturated rings. The van der Waals surface area contributed by atoms with Crippen LogP contribution in [0.3, 0.4) is 0 Å². The summed E-state index contributed by atoms with van der Waals surface area (Å²) in [6, 6.07) is 12.7. The van der Waals surface area contributed by atoms with Crippen molar-refractivity contribution >= 4 is 34.5 Å². The number of pyridine rings is 1. The predicted molar refractivity (Wildman–Crippen MR) is 124 cm³/mol. The van der Waals surface area contributed by atoms with E-state index in [2.05, 4.69) is 0 Å². The van der Waals surface area contributed by atoms with Gasteiger partial charge in [-0.2, -0.15) is 0 Å². The molecule has 1 atom stereocenters. The molecule has 7 nitrogen and oxygen atoms in total. The maximum Gasteiger partial charge on any atom is 0.407 e. The van der Waals surface area contributed by atoms with Gasteiger partial charge in [-0.15, -0.1) is 0 Å². The first kappa shape index (κ1) is 21.9. The fourth-order valence-electron chi connectivity index (χ4n) is 4.08. The highest BCUT2D eigenvalue weighted by molar-refractivity contribution is 6.36. The minimum absolute atomic E-state index is 0.145. The molecule has 0 bridgehead atoms. The number of aromatic nitrogens is 1. The number of carbonyl (C=O) groups is 2. The van der Waals surface area contributed by atoms with Crippen LogP contribution in [0.25, 0.3) is 22.2 Å². The van der Waals surface area contributed by atoms with E-state index in [1.807, 2.05) is 44.2 Å². The Labute approximate surface area is 191 Å². The van der Waals surface area contributed by atoms with Crippen LogP contribution in [-0.4, -0.2) is 64.7 Å². The van der Waals surface area contributed by atoms with Crippen molar-refractivity contribution in [2.24, 2.45) is 0 Å². The van der Waals surface area contributed by atoms with Gasteiger partial charge in [-0.25, -0.2) is 9.78 Å². The summed E-state index contributed by atoms with van der Waals surface area (Å²) >= 11 is 6.67. The van der Waals surface area contributed by atoms with Gasteiger partial charge in [0.15, 0.2) is 0 Å². The molecule has 3 aromatic rings. The largest absolute Gasteiger partial charge is 0.497 e. The molecule has 1 saturated heterocycles. The first-order valence-corrected chi connectivity index (χ1v) is 10.7. The van der Waals surface area contributed by atoms with Crippen molar-refractivity contribution in [3.05, 3.63) is 58.6 Å². The van der Waals surface area contributed by atoms with Gasteiger partial charge in [0.1, 0.15) is 5.75 Å². The third-order valence-corrected chi connectivity index (χ3v) is 6.41. The second-order valence-corrected chi connectivity index (χ2v) is 8.31. The summed E-state index contributed by atoms with van der Waals surface area (Å²) in [6.45, 7) is 4.72. The molecule has 4 rings (SSSR count). The molecule has 1 aliphatic rings. The number of carboxylic acid groups (broad SMARTS) is 1. The molecule has 1 aromatic heterocycles. The lowest BCUT2D eigenvalue weighted by Crippen LogP contribution is -2.55. The van der Waals surface area contributed by atoms with Gasteiger partial charge in [0.05, 0.1) is 23.3 Å². The fraction of sp³-hybridized carbons (Fsp3) is 0.292. The Hall–Kier alpha value is -3.32. The van der Waals surface area contributed by atoms with E-state index in [1.54, 1.807) is 24.1 Å². The molecule has 0 aliphatic carbocycles. The number of rotatable bonds is 3. The Balaban J connectivity index is 1.69. The van der Waals surface area contributed by atoms with Crippen LogP contribution in [0.4, 0.5) is 4.79 Å². The second-order valence-electron chi connectivity index (χ2n) is 7.94. The average Bonchev–Trinajstić information content (AvgIpc) is 2.80. The molecule has 8 heteroatoms. The van der Waals surface area contributed by atoms with E-state index in [1.165, 1.54) is 4.90 Å². The lowest BCUT2D eigenvalue weighted by molar-refractivity contribution is 0.0484. The normalized spacial score (nSPS) is 16.3. The molecule has 2 heterocycles. The van der Waals surface area contributed by atoms with Crippen LogP contribution in [0.2, 0.25) is 5.02 Å². The number of hydrogen-bond acceptors (Lipinski definition) is 4. The van der Waals surface area contributed by atoms with E-state index in [0.29, 0.717) is 35.7 Å². The molecule has 0 saturated carbocycles. The van der Waals surface area contributed by atoms with Gasteiger partial charge in [-0.3, -0.25) is 4.79 Å². The molecule has 0 radical (unpaired) electrons. The minimum Gasteiger partial charge on any atom is -0.497 e. The summed E-state index contributed by atoms with van der Waals surface area (Å²) in [5.41, 5.74) is 3.65. The quantitative estimate of drug-likeness (QED) is 0.621. The number of piperazine rings is 1. The van der Waals surface area contributed by atoms with E-state index in [0.717, 1.165) is 28.0 Å². The fourth-order valence-corrected chi connectivity index (χ4v) is 4.33. The van der Waals surface area contributed by atoms with Crippen molar-refractivity contribution in [2.45, 2.75) is 19.9 Å². The van der Waals surface area contributed by atoms with Crippen molar-refractivity contribution in [1.29, 1.82) is 0 Å². The zero-order valence-corrected chi connectivity index (χ0v) is 18.9. The zero-order chi connectivity index (χ0) is 23.0. The van der Waals surface area contributed by atoms with Crippen LogP contribution < -0.4 is 4.74 Å². The van der Waals surface area contributed by atoms with Gasteiger partial charge in [0.2, 0.25) is 0 Å². The Morgan fingerprint density at radius 3 is 2.50 bits per heavy atom. The summed E-state index contributed by atoms with van der Waals surface area (Å²) in [4.78, 5) is 32.3. The molecule has 2 aromatic carbocycles. The standard InChI is InChI=1S/C24H24ClN3O4/c1-14-13-27(24(30)31)10-11-28(14)23(29)17-6-9-19-20(12-17)26-22(15(2)21(19)25)16-4-7-18(32-3)8-5-16/h4-9,12,14H,10-11,13H2,1-3H3,(H,30,31)/t14-/m0/s1. The van der Waals surface area contributed by atoms with E-state index in [9.17, 15) is 14.7 Å². The van der Waals surface area contributed by atoms with Gasteiger partial charge in [0.25, 0.3) is 5.91 Å². The van der Waals surface area contributed by atoms with Crippen LogP contribution in [0.5, 0.6) is 5.75 Å². The molecule has 1 aliphatic heterocycles. The van der Waals surface area contributed by atoms with E-state index < -0.39 is 6.09 Å². The van der Waals surface area contributed by atoms with Gasteiger partial charge < -0.3 is 19.6 Å². The second kappa shape index (κ2) is 8.67. The van der Waals surface area contributed by atoms with Gasteiger partial charge in [-0.05, 0) is 55.8 Å². The number of halogens is 1. The number of nitrogens with zero attached hydrogens (tertiary/aromatic N) is 3. The third kappa shape index (κ3) is 3.96. The summed E-state index contributed by atoms with van der Waals surface area (Å²) in [6.07, 6.45) is -0.963. The van der Waals surface area contributed by atoms with Crippen LogP contribution in [0.15, 0.2) is 42.5 Å². The molecular formula is C24H24ClN3O4. The Morgan fingerprint density at radius 2 is 1.88 bits per heavy atom. The Bertz CT molecular complexity index is 1200. The summed E-state index contributed by atoms with van der Waals surface area (Å²) < 4.78 is 5.23. The first-order valence-electron chi connectivity index (χ1n) is 10.3. The molecule has 0 unspecified atom stereocenters. The van der Waals surface area contributed by atoms with Crippen molar-refractivity contribution in [3.8, 4) is 17.0 Å². The highest BCUT2D eigenvalue weighted by Crippen LogP contribution is 2.34. The van der Waals surface area contributed by atoms with Crippen LogP contribution in [0.1, 0.15) is 22.8 Å². The highest BCUT2D eigenvalue weighted by atomic mass is 35.5. The third-order valence-electron chi connectivity index (χ3n) is 5.92. The number of hydrogen-bond donors (Lipinski definition) is 1. The number of amides is 2. The van der Waals surface area contributed by atoms with Gasteiger partial charge >= 0.3 is 6.09 Å². The molecule has 0 spiro atoms. The maximum absolute atomic E-state index is 13.2. The van der Waals surface area contributed by atoms with Crippen molar-refractivity contribution in [1.82, 2.24) is 14.8 Å². The summed E-state index contributed by atoms with van der Waals surface area (Å²) in [7, 11) is 1.62. The molecular weight excluding hydrogens is 430 g/mol. The minimum atomic E-state index is -0.963. The van der Waals surface area contributed by atoms with Crippen molar-refractivity contribution in [3.63, 3.8) is 0 Å². The SMILES string of the molecule is COc1ccc(-c2nc3cc(C(=O)N4CCN(C(=O)O)C[C@@H]4C)ccc3c(Cl)c2C)cc1. The predicted octanol–water partition coefficient (Wildman–Crippen LogP) is 4.70. The Morgan fingerprint density at radius 1 is 1.16 bits per heavy atom. The van der Waals surface area contributed by atoms with E-state index in [-0.39, 0.29) is 11.9 Å². The Kier molecular flexibility index (Phi) is 5.93. The zero-order valence-electron chi connectivity index (χ0n) is 18.1. The molecule has 2 amide bonds. The van der Waals surface area contributed by atoms with Gasteiger partial charge in [-0.1, -0.05) is 17.7 Å². The lowest BCUT2D eigenvalue weighted by atomic mass is 10.0. The van der Waals surface area contributed by atoms with Crippen molar-refractivity contribution in [2.75, 3.05) is 26.7 Å². The molecule has 1 N–H and O–H groups in total. The van der Waals surface area contributed by atoms with Crippen LogP contribution in [0, 0.1) is 6.92 Å². The van der Waals surface area contributed by atoms with E-state index in [4.69, 9.17) is 21.3 Å². The number of ether oxygens (including phenoxy) is 1. The molecule has 166 valence electrons. The van der Waals surface area contributed by atoms with Crippen LogP contribution in [-0.2, 0) is 0 Å². The summed E-state index contributed by atoms with van der Waals surface area (Å²) in [5, 5.41) is 10.6. The number of benzene rings is 2. The monoisotopic (exact) mass is 453 g/mol. The number of carbonyl (C=O) groups excluding carboxylic acids is 1. The summed E-state index contributed by atoms with van der Waals surface area (Å²) in [5.74, 6) is 0.609. The van der Waals surface area contributed by atoms with E-state index >= 15 is 0 Å². The number of fused-ring (bicyclic) bond motifs is 1. The van der Waals surface area contributed by atoms with Crippen molar-refractivity contribution < 1.29 is 19.4 Å². The first-order chi connectivity index (χ1) is 15.3. The maximum atomic E-state index is 13.2. The topological polar surface area (TPSA) is 83.0 Å². The van der Waals surface area contributed by atoms with Gasteiger partial charge in [0, 0.05) is 42.2 Å². The van der Waals surface area contributed by atoms with Crippen LogP contribution >= 0.6 is 11.6 Å². The average molecular weight is 454 g/mol. The lowest BCUT2D eigenvalue weighted by Gasteiger charge is -2.38. The number of methoxy groups -OCH3 is 1. The smallest absolute Gasteiger partial charge is 0.407 e. The highest BCUT2D eigenvalue weighted by Gasteiger charge is 2.30.